The Kier molecular flexibility index (Phi) is 9.36. The number of hydrogen-bond donors (Lipinski definition) is 0. The van der Waals surface area contributed by atoms with Crippen LogP contribution >= 0.6 is 0 Å². The smallest absolute Gasteiger partial charge is 0.252 e. The summed E-state index contributed by atoms with van der Waals surface area (Å²) in [6, 6.07) is 49.7. The molecule has 5 heteroatoms. The molecule has 69 heavy (non-hydrogen) atoms. The summed E-state index contributed by atoms with van der Waals surface area (Å²) >= 11 is 0. The molecule has 1 aliphatic carbocycles. The molecule has 0 amide bonds. The molecule has 1 aromatic heterocycles. The lowest BCUT2D eigenvalue weighted by Crippen LogP contribution is -2.62. The molecule has 8 aromatic rings. The predicted octanol–water partition coefficient (Wildman–Crippen LogP) is 15.9. The van der Waals surface area contributed by atoms with Crippen LogP contribution in [0.15, 0.2) is 132 Å². The van der Waals surface area contributed by atoms with Gasteiger partial charge in [0.15, 0.2) is 0 Å². The molecule has 0 saturated heterocycles. The molecule has 0 radical (unpaired) electrons. The number of hydrogen-bond acceptors (Lipinski definition) is 4. The highest BCUT2D eigenvalue weighted by molar-refractivity contribution is 7.00. The zero-order valence-corrected chi connectivity index (χ0v) is 43.3. The van der Waals surface area contributed by atoms with Gasteiger partial charge in [-0.3, -0.25) is 0 Å². The second-order valence-corrected chi connectivity index (χ2v) is 24.8. The highest BCUT2D eigenvalue weighted by Gasteiger charge is 2.58. The van der Waals surface area contributed by atoms with Gasteiger partial charge in [0.1, 0.15) is 11.2 Å². The van der Waals surface area contributed by atoms with Crippen molar-refractivity contribution >= 4 is 90.5 Å². The van der Waals surface area contributed by atoms with Crippen LogP contribution in [0.25, 0.3) is 21.9 Å². The van der Waals surface area contributed by atoms with E-state index >= 15 is 0 Å². The van der Waals surface area contributed by atoms with Crippen molar-refractivity contribution in [2.45, 2.75) is 143 Å². The van der Waals surface area contributed by atoms with Gasteiger partial charge in [0.25, 0.3) is 6.71 Å². The van der Waals surface area contributed by atoms with Crippen LogP contribution in [-0.2, 0) is 21.7 Å². The Labute approximate surface area is 411 Å². The maximum absolute atomic E-state index is 6.71. The molecule has 1 saturated carbocycles. The standard InChI is InChI=1S/C64H68BN3O/c1-39-32-40(2)59-49(33-39)63(12)30-16-17-31-64(63,13)68(59)46-36-54-58-55(37-46)67(45-26-27-48-47-18-14-15-19-56(47)69-57(48)38-45)53-29-23-43(62(9,10)11)35-51(53)65(58)50-34-42(61(6,7)8)22-28-52(50)66(54)44-24-20-41(21-25-44)60(3,4)5/h14-15,18-29,32-38H,16-17,30-31H2,1-13H3. The third-order valence-electron chi connectivity index (χ3n) is 17.2. The summed E-state index contributed by atoms with van der Waals surface area (Å²) < 4.78 is 6.71. The molecule has 2 unspecified atom stereocenters. The van der Waals surface area contributed by atoms with Gasteiger partial charge < -0.3 is 19.1 Å². The number of anilines is 8. The van der Waals surface area contributed by atoms with Crippen molar-refractivity contribution in [3.63, 3.8) is 0 Å². The van der Waals surface area contributed by atoms with E-state index in [1.54, 1.807) is 0 Å². The number of furan rings is 1. The first-order chi connectivity index (χ1) is 32.7. The van der Waals surface area contributed by atoms with Gasteiger partial charge in [-0.15, -0.1) is 0 Å². The van der Waals surface area contributed by atoms with Gasteiger partial charge in [0.2, 0.25) is 0 Å². The van der Waals surface area contributed by atoms with Crippen molar-refractivity contribution in [1.82, 2.24) is 0 Å². The third kappa shape index (κ3) is 6.40. The molecule has 4 aliphatic rings. The van der Waals surface area contributed by atoms with E-state index in [2.05, 4.69) is 232 Å². The Balaban J connectivity index is 1.22. The molecule has 0 N–H and O–H groups in total. The zero-order chi connectivity index (χ0) is 48.3. The lowest BCUT2D eigenvalue weighted by atomic mass is 9.33. The number of aryl methyl sites for hydroxylation is 2. The van der Waals surface area contributed by atoms with E-state index < -0.39 is 0 Å². The monoisotopic (exact) mass is 906 g/mol. The maximum atomic E-state index is 6.71. The highest BCUT2D eigenvalue weighted by Crippen LogP contribution is 2.63. The van der Waals surface area contributed by atoms with Crippen LogP contribution in [0.3, 0.4) is 0 Å². The molecule has 4 nitrogen and oxygen atoms in total. The number of rotatable bonds is 3. The van der Waals surface area contributed by atoms with Crippen LogP contribution in [0.5, 0.6) is 0 Å². The second-order valence-electron chi connectivity index (χ2n) is 24.8. The molecular formula is C64H68BN3O. The average molecular weight is 906 g/mol. The van der Waals surface area contributed by atoms with E-state index in [0.29, 0.717) is 0 Å². The molecule has 1 fully saturated rings. The minimum absolute atomic E-state index is 0.00651. The van der Waals surface area contributed by atoms with Crippen LogP contribution in [-0.4, -0.2) is 12.3 Å². The van der Waals surface area contributed by atoms with E-state index in [-0.39, 0.29) is 33.9 Å². The number of fused-ring (bicyclic) bond motifs is 10. The van der Waals surface area contributed by atoms with Crippen molar-refractivity contribution < 1.29 is 4.42 Å². The van der Waals surface area contributed by atoms with Gasteiger partial charge in [0, 0.05) is 67.8 Å². The highest BCUT2D eigenvalue weighted by atomic mass is 16.3. The van der Waals surface area contributed by atoms with Gasteiger partial charge in [-0.2, -0.15) is 0 Å². The molecular weight excluding hydrogens is 838 g/mol. The van der Waals surface area contributed by atoms with Gasteiger partial charge in [-0.25, -0.2) is 0 Å². The quantitative estimate of drug-likeness (QED) is 0.165. The maximum Gasteiger partial charge on any atom is 0.252 e. The summed E-state index contributed by atoms with van der Waals surface area (Å²) in [5.41, 5.74) is 23.7. The molecule has 0 bridgehead atoms. The fraction of sp³-hybridized carbons (Fsp3) is 0.344. The summed E-state index contributed by atoms with van der Waals surface area (Å²) in [5, 5.41) is 2.29. The van der Waals surface area contributed by atoms with Crippen LogP contribution in [0.2, 0.25) is 0 Å². The molecule has 3 aliphatic heterocycles. The number of nitrogens with zero attached hydrogens (tertiary/aromatic N) is 3. The summed E-state index contributed by atoms with van der Waals surface area (Å²) in [7, 11) is 0. The normalized spacial score (nSPS) is 19.7. The van der Waals surface area contributed by atoms with Crippen molar-refractivity contribution in [2.24, 2.45) is 0 Å². The van der Waals surface area contributed by atoms with E-state index in [0.717, 1.165) is 34.0 Å². The SMILES string of the molecule is Cc1cc(C)c2c(c1)C1(C)CCCCC1(C)N2c1cc2c3c(c1)N(c1ccc4c(c1)oc1ccccc14)c1ccc(C(C)(C)C)cc1B3c1cc(C(C)(C)C)ccc1N2c1ccc(C(C)(C)C)cc1. The summed E-state index contributed by atoms with van der Waals surface area (Å²) in [4.78, 5) is 8.03. The molecule has 0 spiro atoms. The average Bonchev–Trinajstić information content (AvgIpc) is 3.77. The Bertz CT molecular complexity index is 3430. The largest absolute Gasteiger partial charge is 0.456 e. The third-order valence-corrected chi connectivity index (χ3v) is 17.2. The minimum atomic E-state index is -0.133. The van der Waals surface area contributed by atoms with E-state index in [9.17, 15) is 0 Å². The Morgan fingerprint density at radius 2 is 1.06 bits per heavy atom. The number of para-hydroxylation sites is 1. The zero-order valence-electron chi connectivity index (χ0n) is 43.3. The topological polar surface area (TPSA) is 22.9 Å². The Hall–Kier alpha value is -6.20. The van der Waals surface area contributed by atoms with Gasteiger partial charge in [-0.05, 0) is 149 Å². The van der Waals surface area contributed by atoms with Crippen LogP contribution in [0.1, 0.15) is 135 Å². The second kappa shape index (κ2) is 14.7. The van der Waals surface area contributed by atoms with E-state index in [4.69, 9.17) is 4.42 Å². The van der Waals surface area contributed by atoms with Gasteiger partial charge >= 0.3 is 0 Å². The first kappa shape index (κ1) is 44.0. The van der Waals surface area contributed by atoms with E-state index in [1.165, 1.54) is 109 Å². The molecule has 4 heterocycles. The molecule has 348 valence electrons. The van der Waals surface area contributed by atoms with Crippen molar-refractivity contribution in [1.29, 1.82) is 0 Å². The Morgan fingerprint density at radius 1 is 0.507 bits per heavy atom. The van der Waals surface area contributed by atoms with Crippen LogP contribution < -0.4 is 31.1 Å². The predicted molar refractivity (Wildman–Crippen MR) is 296 cm³/mol. The van der Waals surface area contributed by atoms with E-state index in [1.807, 2.05) is 0 Å². The van der Waals surface area contributed by atoms with Gasteiger partial charge in [-0.1, -0.05) is 154 Å². The molecule has 2 atom stereocenters. The van der Waals surface area contributed by atoms with Crippen LogP contribution in [0.4, 0.5) is 45.5 Å². The van der Waals surface area contributed by atoms with Crippen LogP contribution in [0, 0.1) is 13.8 Å². The van der Waals surface area contributed by atoms with Crippen molar-refractivity contribution in [3.05, 3.63) is 161 Å². The first-order valence-corrected chi connectivity index (χ1v) is 25.7. The fourth-order valence-electron chi connectivity index (χ4n) is 13.2. The fourth-order valence-corrected chi connectivity index (χ4v) is 13.2. The summed E-state index contributed by atoms with van der Waals surface area (Å²) in [6.07, 6.45) is 4.78. The Morgan fingerprint density at radius 3 is 1.68 bits per heavy atom. The lowest BCUT2D eigenvalue weighted by Gasteiger charge is -2.51. The lowest BCUT2D eigenvalue weighted by molar-refractivity contribution is 0.195. The molecule has 12 rings (SSSR count). The first-order valence-electron chi connectivity index (χ1n) is 25.7. The van der Waals surface area contributed by atoms with Gasteiger partial charge in [0.05, 0.1) is 5.54 Å². The van der Waals surface area contributed by atoms with Crippen molar-refractivity contribution in [2.75, 3.05) is 14.7 Å². The van der Waals surface area contributed by atoms with Crippen molar-refractivity contribution in [3.8, 4) is 0 Å². The summed E-state index contributed by atoms with van der Waals surface area (Å²) in [6.45, 7) is 30.8. The number of benzene rings is 7. The molecule has 7 aromatic carbocycles. The minimum Gasteiger partial charge on any atom is -0.456 e. The summed E-state index contributed by atoms with van der Waals surface area (Å²) in [5.74, 6) is 0.